The molecule has 1 aromatic heterocycles. The zero-order valence-corrected chi connectivity index (χ0v) is 13.2. The van der Waals surface area contributed by atoms with E-state index in [1.807, 2.05) is 18.9 Å². The fraction of sp³-hybridized carbons (Fsp3) is 0.438. The van der Waals surface area contributed by atoms with Gasteiger partial charge in [0.2, 0.25) is 0 Å². The van der Waals surface area contributed by atoms with Crippen LogP contribution in [0.3, 0.4) is 0 Å². The molecule has 1 N–H and O–H groups in total. The van der Waals surface area contributed by atoms with Gasteiger partial charge in [0.05, 0.1) is 17.2 Å². The maximum Gasteiger partial charge on any atom is 0.125 e. The lowest BCUT2D eigenvalue weighted by Crippen LogP contribution is -2.19. The number of benzene rings is 1. The van der Waals surface area contributed by atoms with Crippen molar-refractivity contribution in [3.8, 4) is 0 Å². The number of halogens is 1. The molecular formula is C16H20FN3S. The lowest BCUT2D eigenvalue weighted by Gasteiger charge is -2.19. The molecule has 0 unspecified atom stereocenters. The van der Waals surface area contributed by atoms with Crippen LogP contribution in [0.25, 0.3) is 0 Å². The molecule has 21 heavy (non-hydrogen) atoms. The molecule has 0 bridgehead atoms. The molecule has 3 nitrogen and oxygen atoms in total. The van der Waals surface area contributed by atoms with Crippen molar-refractivity contribution in [3.05, 3.63) is 45.7 Å². The largest absolute Gasteiger partial charge is 0.369 e. The number of thiazole rings is 1. The first-order chi connectivity index (χ1) is 10.1. The Kier molecular flexibility index (Phi) is 4.22. The van der Waals surface area contributed by atoms with Crippen molar-refractivity contribution in [3.63, 3.8) is 0 Å². The molecular weight excluding hydrogens is 285 g/mol. The Morgan fingerprint density at radius 3 is 2.86 bits per heavy atom. The lowest BCUT2D eigenvalue weighted by atomic mass is 10.1. The minimum atomic E-state index is -0.179. The van der Waals surface area contributed by atoms with Crippen molar-refractivity contribution in [2.45, 2.75) is 38.9 Å². The average molecular weight is 305 g/mol. The number of nitrogens with zero attached hydrogens (tertiary/aromatic N) is 2. The minimum absolute atomic E-state index is 0.179. The van der Waals surface area contributed by atoms with Crippen LogP contribution < -0.4 is 10.2 Å². The van der Waals surface area contributed by atoms with Crippen molar-refractivity contribution in [1.82, 2.24) is 10.3 Å². The Labute approximate surface area is 128 Å². The third kappa shape index (κ3) is 4.02. The van der Waals surface area contributed by atoms with Crippen LogP contribution in [0.2, 0.25) is 0 Å². The van der Waals surface area contributed by atoms with Crippen molar-refractivity contribution in [2.75, 3.05) is 11.9 Å². The monoisotopic (exact) mass is 305 g/mol. The summed E-state index contributed by atoms with van der Waals surface area (Å²) in [5.41, 5.74) is 2.92. The fourth-order valence-electron chi connectivity index (χ4n) is 2.32. The summed E-state index contributed by atoms with van der Waals surface area (Å²) in [6, 6.07) is 5.88. The number of hydrogen-bond acceptors (Lipinski definition) is 4. The van der Waals surface area contributed by atoms with Crippen LogP contribution in [0.1, 0.15) is 29.1 Å². The van der Waals surface area contributed by atoms with Gasteiger partial charge < -0.3 is 10.2 Å². The Morgan fingerprint density at radius 2 is 2.19 bits per heavy atom. The maximum atomic E-state index is 13.8. The van der Waals surface area contributed by atoms with Crippen LogP contribution >= 0.6 is 11.3 Å². The van der Waals surface area contributed by atoms with Crippen LogP contribution in [-0.2, 0) is 13.1 Å². The molecule has 1 fully saturated rings. The van der Waals surface area contributed by atoms with Crippen LogP contribution in [0, 0.1) is 12.7 Å². The average Bonchev–Trinajstić information content (AvgIpc) is 3.19. The SMILES string of the molecule is Cc1nc(CN(C)c2cc(F)cc(CNC3CC3)c2)cs1. The number of aromatic nitrogens is 1. The molecule has 1 heterocycles. The van der Waals surface area contributed by atoms with Gasteiger partial charge in [-0.1, -0.05) is 0 Å². The van der Waals surface area contributed by atoms with Crippen LogP contribution in [0.4, 0.5) is 10.1 Å². The Hall–Kier alpha value is -1.46. The highest BCUT2D eigenvalue weighted by Gasteiger charge is 2.20. The van der Waals surface area contributed by atoms with E-state index in [0.717, 1.165) is 28.5 Å². The first-order valence-electron chi connectivity index (χ1n) is 7.25. The summed E-state index contributed by atoms with van der Waals surface area (Å²) in [6.07, 6.45) is 2.48. The van der Waals surface area contributed by atoms with E-state index in [1.165, 1.54) is 12.8 Å². The summed E-state index contributed by atoms with van der Waals surface area (Å²) < 4.78 is 13.8. The predicted molar refractivity (Wildman–Crippen MR) is 85.2 cm³/mol. The first-order valence-corrected chi connectivity index (χ1v) is 8.13. The number of anilines is 1. The second-order valence-electron chi connectivity index (χ2n) is 5.69. The van der Waals surface area contributed by atoms with E-state index in [1.54, 1.807) is 23.5 Å². The van der Waals surface area contributed by atoms with E-state index in [2.05, 4.69) is 21.7 Å². The summed E-state index contributed by atoms with van der Waals surface area (Å²) in [6.45, 7) is 3.43. The van der Waals surface area contributed by atoms with Gasteiger partial charge in [-0.05, 0) is 43.5 Å². The molecule has 1 aromatic carbocycles. The molecule has 1 saturated carbocycles. The molecule has 3 rings (SSSR count). The third-order valence-corrected chi connectivity index (χ3v) is 4.44. The molecule has 2 aromatic rings. The number of nitrogens with one attached hydrogen (secondary N) is 1. The first kappa shape index (κ1) is 14.5. The van der Waals surface area contributed by atoms with Gasteiger partial charge in [-0.25, -0.2) is 9.37 Å². The van der Waals surface area contributed by atoms with Crippen LogP contribution in [0.15, 0.2) is 23.6 Å². The number of hydrogen-bond donors (Lipinski definition) is 1. The molecule has 5 heteroatoms. The molecule has 0 spiro atoms. The second kappa shape index (κ2) is 6.12. The van der Waals surface area contributed by atoms with Gasteiger partial charge >= 0.3 is 0 Å². The molecule has 112 valence electrons. The highest BCUT2D eigenvalue weighted by molar-refractivity contribution is 7.09. The normalized spacial score (nSPS) is 14.4. The van der Waals surface area contributed by atoms with Gasteiger partial charge in [0, 0.05) is 30.7 Å². The van der Waals surface area contributed by atoms with E-state index in [-0.39, 0.29) is 5.82 Å². The van der Waals surface area contributed by atoms with Gasteiger partial charge in [-0.2, -0.15) is 0 Å². The number of aryl methyl sites for hydroxylation is 1. The van der Waals surface area contributed by atoms with Gasteiger partial charge in [-0.3, -0.25) is 0 Å². The van der Waals surface area contributed by atoms with Gasteiger partial charge in [0.25, 0.3) is 0 Å². The highest BCUT2D eigenvalue weighted by atomic mass is 32.1. The minimum Gasteiger partial charge on any atom is -0.369 e. The Bertz CT molecular complexity index is 622. The predicted octanol–water partition coefficient (Wildman–Crippen LogP) is 3.48. The van der Waals surface area contributed by atoms with E-state index in [9.17, 15) is 4.39 Å². The summed E-state index contributed by atoms with van der Waals surface area (Å²) in [5.74, 6) is -0.179. The quantitative estimate of drug-likeness (QED) is 0.885. The molecule has 0 atom stereocenters. The summed E-state index contributed by atoms with van der Waals surface area (Å²) >= 11 is 1.64. The topological polar surface area (TPSA) is 28.2 Å². The van der Waals surface area contributed by atoms with E-state index in [0.29, 0.717) is 12.6 Å². The van der Waals surface area contributed by atoms with Crippen molar-refractivity contribution in [1.29, 1.82) is 0 Å². The smallest absolute Gasteiger partial charge is 0.125 e. The summed E-state index contributed by atoms with van der Waals surface area (Å²) in [4.78, 5) is 6.50. The molecule has 1 aliphatic carbocycles. The van der Waals surface area contributed by atoms with Crippen molar-refractivity contribution >= 4 is 17.0 Å². The van der Waals surface area contributed by atoms with Gasteiger partial charge in [-0.15, -0.1) is 11.3 Å². The maximum absolute atomic E-state index is 13.8. The molecule has 0 radical (unpaired) electrons. The van der Waals surface area contributed by atoms with Crippen molar-refractivity contribution < 1.29 is 4.39 Å². The highest BCUT2D eigenvalue weighted by Crippen LogP contribution is 2.22. The Balaban J connectivity index is 1.70. The van der Waals surface area contributed by atoms with Gasteiger partial charge in [0.15, 0.2) is 0 Å². The van der Waals surface area contributed by atoms with E-state index < -0.39 is 0 Å². The molecule has 1 aliphatic rings. The standard InChI is InChI=1S/C16H20FN3S/c1-11-19-15(10-21-11)9-20(2)16-6-12(5-13(17)7-16)8-18-14-3-4-14/h5-7,10,14,18H,3-4,8-9H2,1-2H3. The van der Waals surface area contributed by atoms with Crippen LogP contribution in [-0.4, -0.2) is 18.1 Å². The second-order valence-corrected chi connectivity index (χ2v) is 6.75. The molecule has 0 aliphatic heterocycles. The van der Waals surface area contributed by atoms with E-state index in [4.69, 9.17) is 0 Å². The molecule has 0 amide bonds. The summed E-state index contributed by atoms with van der Waals surface area (Å²) in [5, 5.41) is 6.54. The molecule has 0 saturated heterocycles. The van der Waals surface area contributed by atoms with Crippen molar-refractivity contribution in [2.24, 2.45) is 0 Å². The van der Waals surface area contributed by atoms with Crippen LogP contribution in [0.5, 0.6) is 0 Å². The van der Waals surface area contributed by atoms with Gasteiger partial charge in [0.1, 0.15) is 5.82 Å². The number of rotatable bonds is 6. The zero-order valence-electron chi connectivity index (χ0n) is 12.4. The lowest BCUT2D eigenvalue weighted by molar-refractivity contribution is 0.618. The fourth-order valence-corrected chi connectivity index (χ4v) is 2.92. The Morgan fingerprint density at radius 1 is 1.38 bits per heavy atom. The van der Waals surface area contributed by atoms with E-state index >= 15 is 0 Å². The summed E-state index contributed by atoms with van der Waals surface area (Å²) in [7, 11) is 1.97. The zero-order chi connectivity index (χ0) is 14.8. The third-order valence-electron chi connectivity index (χ3n) is 3.62.